The molecule has 7 heteroatoms. The molecule has 2 N–H and O–H groups in total. The van der Waals surface area contributed by atoms with E-state index in [-0.39, 0.29) is 30.1 Å². The molecule has 6 nitrogen and oxygen atoms in total. The summed E-state index contributed by atoms with van der Waals surface area (Å²) < 4.78 is 18.9. The van der Waals surface area contributed by atoms with Crippen LogP contribution in [0.25, 0.3) is 10.9 Å². The Morgan fingerprint density at radius 3 is 2.71 bits per heavy atom. The van der Waals surface area contributed by atoms with Crippen LogP contribution in [0.15, 0.2) is 47.3 Å². The Balaban J connectivity index is 1.62. The summed E-state index contributed by atoms with van der Waals surface area (Å²) in [5.41, 5.74) is 3.70. The van der Waals surface area contributed by atoms with E-state index in [9.17, 15) is 14.0 Å². The Morgan fingerprint density at radius 2 is 2.00 bits per heavy atom. The molecule has 0 aliphatic carbocycles. The van der Waals surface area contributed by atoms with E-state index < -0.39 is 0 Å². The van der Waals surface area contributed by atoms with Crippen LogP contribution in [-0.2, 0) is 11.3 Å². The Kier molecular flexibility index (Phi) is 6.04. The second-order valence-electron chi connectivity index (χ2n) is 8.12. The molecule has 3 aromatic rings. The SMILES string of the molecule is Cc1cc(C)c2cc(CN(C[C@H]3CCCO3)C(=O)Nc3ccc(F)cc3)c(=O)[nH]c2c1. The fraction of sp³-hybridized carbons (Fsp3) is 0.333. The van der Waals surface area contributed by atoms with Crippen molar-refractivity contribution in [2.24, 2.45) is 0 Å². The molecule has 0 unspecified atom stereocenters. The highest BCUT2D eigenvalue weighted by atomic mass is 19.1. The molecule has 2 amide bonds. The van der Waals surface area contributed by atoms with Crippen molar-refractivity contribution >= 4 is 22.6 Å². The number of aromatic nitrogens is 1. The normalized spacial score (nSPS) is 15.9. The molecule has 1 fully saturated rings. The van der Waals surface area contributed by atoms with Crippen LogP contribution < -0.4 is 10.9 Å². The number of ether oxygens (including phenoxy) is 1. The molecule has 0 spiro atoms. The van der Waals surface area contributed by atoms with Crippen LogP contribution in [0.5, 0.6) is 0 Å². The van der Waals surface area contributed by atoms with Crippen LogP contribution in [0.3, 0.4) is 0 Å². The van der Waals surface area contributed by atoms with Crippen molar-refractivity contribution in [3.05, 3.63) is 75.3 Å². The van der Waals surface area contributed by atoms with E-state index in [0.717, 1.165) is 34.9 Å². The number of nitrogens with zero attached hydrogens (tertiary/aromatic N) is 1. The highest BCUT2D eigenvalue weighted by Gasteiger charge is 2.24. The zero-order valence-electron chi connectivity index (χ0n) is 17.7. The van der Waals surface area contributed by atoms with Gasteiger partial charge in [-0.2, -0.15) is 0 Å². The molecule has 1 saturated heterocycles. The van der Waals surface area contributed by atoms with Crippen molar-refractivity contribution in [3.63, 3.8) is 0 Å². The van der Waals surface area contributed by atoms with Crippen LogP contribution in [0, 0.1) is 19.7 Å². The van der Waals surface area contributed by atoms with Crippen molar-refractivity contribution in [2.45, 2.75) is 39.3 Å². The quantitative estimate of drug-likeness (QED) is 0.635. The van der Waals surface area contributed by atoms with E-state index in [1.165, 1.54) is 24.3 Å². The predicted octanol–water partition coefficient (Wildman–Crippen LogP) is 4.50. The van der Waals surface area contributed by atoms with Crippen molar-refractivity contribution in [1.29, 1.82) is 0 Å². The smallest absolute Gasteiger partial charge is 0.322 e. The molecule has 1 aliphatic heterocycles. The number of H-pyrrole nitrogens is 1. The number of nitrogens with one attached hydrogen (secondary N) is 2. The minimum absolute atomic E-state index is 0.0668. The molecule has 4 rings (SSSR count). The van der Waals surface area contributed by atoms with Gasteiger partial charge in [-0.3, -0.25) is 4.79 Å². The van der Waals surface area contributed by atoms with Crippen molar-refractivity contribution in [3.8, 4) is 0 Å². The highest BCUT2D eigenvalue weighted by Crippen LogP contribution is 2.20. The van der Waals surface area contributed by atoms with Gasteiger partial charge in [0.25, 0.3) is 5.56 Å². The van der Waals surface area contributed by atoms with E-state index in [1.807, 2.05) is 26.0 Å². The number of carbonyl (C=O) groups is 1. The molecule has 2 aromatic carbocycles. The first-order chi connectivity index (χ1) is 14.9. The topological polar surface area (TPSA) is 74.4 Å². The van der Waals surface area contributed by atoms with Gasteiger partial charge in [0.15, 0.2) is 0 Å². The van der Waals surface area contributed by atoms with Gasteiger partial charge in [0.2, 0.25) is 0 Å². The fourth-order valence-corrected chi connectivity index (χ4v) is 4.03. The number of anilines is 1. The summed E-state index contributed by atoms with van der Waals surface area (Å²) in [6.45, 7) is 5.18. The number of hydrogen-bond donors (Lipinski definition) is 2. The second-order valence-corrected chi connectivity index (χ2v) is 8.12. The summed E-state index contributed by atoms with van der Waals surface area (Å²) in [4.78, 5) is 30.3. The summed E-state index contributed by atoms with van der Waals surface area (Å²) in [6, 6.07) is 11.1. The lowest BCUT2D eigenvalue weighted by molar-refractivity contribution is 0.0818. The van der Waals surface area contributed by atoms with Gasteiger partial charge in [-0.1, -0.05) is 6.07 Å². The molecule has 1 aliphatic rings. The first kappa shape index (κ1) is 21.1. The third-order valence-electron chi connectivity index (χ3n) is 5.58. The molecule has 1 atom stereocenters. The van der Waals surface area contributed by atoms with Crippen LogP contribution in [-0.4, -0.2) is 35.2 Å². The van der Waals surface area contributed by atoms with E-state index >= 15 is 0 Å². The standard InChI is InChI=1S/C24H26FN3O3/c1-15-10-16(2)21-12-17(23(29)27-22(21)11-15)13-28(14-20-4-3-9-31-20)24(30)26-19-7-5-18(25)6-8-19/h5-8,10-12,20H,3-4,9,13-14H2,1-2H3,(H,26,30)(H,27,29)/t20-/m1/s1. The average Bonchev–Trinajstić information content (AvgIpc) is 3.23. The lowest BCUT2D eigenvalue weighted by Gasteiger charge is -2.26. The van der Waals surface area contributed by atoms with Crippen LogP contribution in [0.4, 0.5) is 14.9 Å². The molecular weight excluding hydrogens is 397 g/mol. The maximum absolute atomic E-state index is 13.2. The van der Waals surface area contributed by atoms with Crippen molar-refractivity contribution < 1.29 is 13.9 Å². The number of aromatic amines is 1. The summed E-state index contributed by atoms with van der Waals surface area (Å²) in [7, 11) is 0. The number of rotatable bonds is 5. The maximum Gasteiger partial charge on any atom is 0.322 e. The number of urea groups is 1. The number of carbonyl (C=O) groups excluding carboxylic acids is 1. The predicted molar refractivity (Wildman–Crippen MR) is 119 cm³/mol. The number of amides is 2. The lowest BCUT2D eigenvalue weighted by Crippen LogP contribution is -2.40. The summed E-state index contributed by atoms with van der Waals surface area (Å²) >= 11 is 0. The summed E-state index contributed by atoms with van der Waals surface area (Å²) in [5.74, 6) is -0.373. The second kappa shape index (κ2) is 8.89. The van der Waals surface area contributed by atoms with Crippen molar-refractivity contribution in [2.75, 3.05) is 18.5 Å². The zero-order chi connectivity index (χ0) is 22.0. The Hall–Kier alpha value is -3.19. The van der Waals surface area contributed by atoms with Crippen molar-refractivity contribution in [1.82, 2.24) is 9.88 Å². The summed E-state index contributed by atoms with van der Waals surface area (Å²) in [6.07, 6.45) is 1.75. The number of halogens is 1. The molecule has 31 heavy (non-hydrogen) atoms. The average molecular weight is 423 g/mol. The van der Waals surface area contributed by atoms with Gasteiger partial charge in [0.05, 0.1) is 12.6 Å². The number of benzene rings is 2. The Labute approximate surface area is 180 Å². The molecule has 162 valence electrons. The highest BCUT2D eigenvalue weighted by molar-refractivity contribution is 5.89. The third-order valence-corrected chi connectivity index (χ3v) is 5.58. The zero-order valence-corrected chi connectivity index (χ0v) is 17.7. The number of fused-ring (bicyclic) bond motifs is 1. The minimum atomic E-state index is -0.373. The van der Waals surface area contributed by atoms with Gasteiger partial charge in [0.1, 0.15) is 5.82 Å². The number of aryl methyl sites for hydroxylation is 2. The lowest BCUT2D eigenvalue weighted by atomic mass is 10.0. The molecule has 1 aromatic heterocycles. The Morgan fingerprint density at radius 1 is 1.23 bits per heavy atom. The minimum Gasteiger partial charge on any atom is -0.376 e. The molecule has 0 bridgehead atoms. The monoisotopic (exact) mass is 423 g/mol. The van der Waals surface area contributed by atoms with Gasteiger partial charge >= 0.3 is 6.03 Å². The largest absolute Gasteiger partial charge is 0.376 e. The Bertz CT molecular complexity index is 1150. The third kappa shape index (κ3) is 4.94. The number of pyridine rings is 1. The van der Waals surface area contributed by atoms with Gasteiger partial charge in [0, 0.05) is 35.3 Å². The molecular formula is C24H26FN3O3. The van der Waals surface area contributed by atoms with E-state index in [4.69, 9.17) is 4.74 Å². The van der Waals surface area contributed by atoms with Gasteiger partial charge in [-0.15, -0.1) is 0 Å². The van der Waals surface area contributed by atoms with Gasteiger partial charge in [-0.05, 0) is 74.2 Å². The first-order valence-corrected chi connectivity index (χ1v) is 10.5. The van der Waals surface area contributed by atoms with E-state index in [0.29, 0.717) is 24.4 Å². The number of hydrogen-bond acceptors (Lipinski definition) is 3. The van der Waals surface area contributed by atoms with E-state index in [2.05, 4.69) is 16.4 Å². The first-order valence-electron chi connectivity index (χ1n) is 10.5. The molecule has 2 heterocycles. The summed E-state index contributed by atoms with van der Waals surface area (Å²) in [5, 5.41) is 3.75. The van der Waals surface area contributed by atoms with Gasteiger partial charge < -0.3 is 19.9 Å². The van der Waals surface area contributed by atoms with E-state index in [1.54, 1.807) is 4.90 Å². The fourth-order valence-electron chi connectivity index (χ4n) is 4.03. The van der Waals surface area contributed by atoms with Crippen LogP contribution in [0.1, 0.15) is 29.5 Å². The maximum atomic E-state index is 13.2. The van der Waals surface area contributed by atoms with Crippen LogP contribution in [0.2, 0.25) is 0 Å². The molecule has 0 saturated carbocycles. The van der Waals surface area contributed by atoms with Crippen LogP contribution >= 0.6 is 0 Å². The molecule has 0 radical (unpaired) electrons. The van der Waals surface area contributed by atoms with Gasteiger partial charge in [-0.25, -0.2) is 9.18 Å².